The molecule has 0 aromatic heterocycles. The lowest BCUT2D eigenvalue weighted by molar-refractivity contribution is -0.275. The Kier molecular flexibility index (Phi) is 8.74. The van der Waals surface area contributed by atoms with Crippen LogP contribution >= 0.6 is 0 Å². The van der Waals surface area contributed by atoms with Gasteiger partial charge < -0.3 is 4.74 Å². The first-order valence-corrected chi connectivity index (χ1v) is 12.9. The van der Waals surface area contributed by atoms with E-state index in [1.807, 2.05) is 6.92 Å². The van der Waals surface area contributed by atoms with E-state index in [1.54, 1.807) is 0 Å². The molecule has 0 spiro atoms. The highest BCUT2D eigenvalue weighted by Crippen LogP contribution is 2.48. The summed E-state index contributed by atoms with van der Waals surface area (Å²) in [7, 11) is 0. The van der Waals surface area contributed by atoms with E-state index in [1.165, 1.54) is 31.4 Å². The SMILES string of the molecule is C/C=C/CCC1CCC2CC(c3cc(F)c(C#Cc4ccc(OC(F)(F)F)c(F)c4F)c(F)c3)CCC2C1. The van der Waals surface area contributed by atoms with E-state index in [2.05, 4.69) is 28.7 Å². The van der Waals surface area contributed by atoms with Crippen LogP contribution in [0.15, 0.2) is 36.4 Å². The summed E-state index contributed by atoms with van der Waals surface area (Å²) in [6.07, 6.45) is 7.68. The molecule has 0 radical (unpaired) electrons. The Morgan fingerprint density at radius 2 is 1.58 bits per heavy atom. The van der Waals surface area contributed by atoms with Crippen LogP contribution in [0.1, 0.15) is 80.9 Å². The first-order valence-electron chi connectivity index (χ1n) is 12.9. The van der Waals surface area contributed by atoms with Gasteiger partial charge in [0, 0.05) is 0 Å². The number of hydrogen-bond donors (Lipinski definition) is 0. The molecule has 0 amide bonds. The molecule has 0 bridgehead atoms. The predicted octanol–water partition coefficient (Wildman–Crippen LogP) is 9.20. The lowest BCUT2D eigenvalue weighted by Gasteiger charge is -2.42. The van der Waals surface area contributed by atoms with Crippen molar-refractivity contribution < 1.29 is 35.5 Å². The molecule has 8 heteroatoms. The normalized spacial score (nSPS) is 23.6. The predicted molar refractivity (Wildman–Crippen MR) is 130 cm³/mol. The fraction of sp³-hybridized carbons (Fsp3) is 0.467. The standard InChI is InChI=1S/C30H29F7O/c1-2-3-4-5-18-6-7-21-15-22(9-8-20(21)14-18)23-16-25(31)24(26(32)17-23)12-10-19-11-13-27(29(34)28(19)33)38-30(35,36)37/h2-3,11,13,16-18,20-22H,4-9,14-15H2,1H3/b3-2+. The van der Waals surface area contributed by atoms with Crippen molar-refractivity contribution in [2.24, 2.45) is 17.8 Å². The highest BCUT2D eigenvalue weighted by atomic mass is 19.4. The third-order valence-electron chi connectivity index (χ3n) is 7.83. The maximum atomic E-state index is 14.9. The van der Waals surface area contributed by atoms with Crippen molar-refractivity contribution in [1.82, 2.24) is 0 Å². The summed E-state index contributed by atoms with van der Waals surface area (Å²) in [5.74, 6) is -0.551. The Bertz CT molecular complexity index is 1210. The summed E-state index contributed by atoms with van der Waals surface area (Å²) in [4.78, 5) is 0. The number of ether oxygens (including phenoxy) is 1. The van der Waals surface area contributed by atoms with Gasteiger partial charge in [-0.25, -0.2) is 13.2 Å². The molecule has 2 aliphatic rings. The molecule has 2 saturated carbocycles. The van der Waals surface area contributed by atoms with Crippen molar-refractivity contribution in [3.63, 3.8) is 0 Å². The molecular weight excluding hydrogens is 509 g/mol. The minimum atomic E-state index is -5.21. The second kappa shape index (κ2) is 11.8. The second-order valence-corrected chi connectivity index (χ2v) is 10.3. The zero-order chi connectivity index (χ0) is 27.4. The van der Waals surface area contributed by atoms with Gasteiger partial charge in [0.15, 0.2) is 11.6 Å². The Hall–Kier alpha value is -2.95. The van der Waals surface area contributed by atoms with Crippen molar-refractivity contribution in [1.29, 1.82) is 0 Å². The zero-order valence-corrected chi connectivity index (χ0v) is 21.0. The molecule has 4 atom stereocenters. The number of halogens is 7. The largest absolute Gasteiger partial charge is 0.573 e. The molecule has 2 aromatic carbocycles. The van der Waals surface area contributed by atoms with Crippen LogP contribution in [0.5, 0.6) is 5.75 Å². The summed E-state index contributed by atoms with van der Waals surface area (Å²) >= 11 is 0. The Morgan fingerprint density at radius 3 is 2.26 bits per heavy atom. The molecule has 0 N–H and O–H groups in total. The molecule has 0 aliphatic heterocycles. The topological polar surface area (TPSA) is 9.23 Å². The van der Waals surface area contributed by atoms with Crippen LogP contribution in [0, 0.1) is 52.9 Å². The highest BCUT2D eigenvalue weighted by molar-refractivity contribution is 5.47. The van der Waals surface area contributed by atoms with Crippen LogP contribution < -0.4 is 4.74 Å². The molecule has 4 unspecified atom stereocenters. The second-order valence-electron chi connectivity index (χ2n) is 10.3. The Morgan fingerprint density at radius 1 is 0.895 bits per heavy atom. The van der Waals surface area contributed by atoms with E-state index >= 15 is 0 Å². The summed E-state index contributed by atoms with van der Waals surface area (Å²) in [6.45, 7) is 2.03. The van der Waals surface area contributed by atoms with Gasteiger partial charge in [-0.3, -0.25) is 0 Å². The van der Waals surface area contributed by atoms with E-state index in [4.69, 9.17) is 0 Å². The summed E-state index contributed by atoms with van der Waals surface area (Å²) < 4.78 is 98.2. The molecule has 38 heavy (non-hydrogen) atoms. The average molecular weight is 539 g/mol. The van der Waals surface area contributed by atoms with Gasteiger partial charge in [-0.05, 0) is 105 Å². The van der Waals surface area contributed by atoms with E-state index in [9.17, 15) is 30.7 Å². The summed E-state index contributed by atoms with van der Waals surface area (Å²) in [5, 5.41) is 0. The maximum absolute atomic E-state index is 14.9. The molecule has 4 rings (SSSR count). The molecule has 0 saturated heterocycles. The van der Waals surface area contributed by atoms with E-state index in [0.29, 0.717) is 23.5 Å². The van der Waals surface area contributed by atoms with Gasteiger partial charge in [0.05, 0.1) is 11.1 Å². The van der Waals surface area contributed by atoms with Gasteiger partial charge in [0.2, 0.25) is 5.82 Å². The van der Waals surface area contributed by atoms with E-state index in [0.717, 1.165) is 44.1 Å². The van der Waals surface area contributed by atoms with Crippen molar-refractivity contribution in [3.05, 3.63) is 76.4 Å². The van der Waals surface area contributed by atoms with Gasteiger partial charge in [0.1, 0.15) is 11.6 Å². The number of hydrogen-bond acceptors (Lipinski definition) is 1. The lowest BCUT2D eigenvalue weighted by Crippen LogP contribution is -2.30. The zero-order valence-electron chi connectivity index (χ0n) is 21.0. The highest BCUT2D eigenvalue weighted by Gasteiger charge is 2.36. The average Bonchev–Trinajstić information content (AvgIpc) is 2.86. The quantitative estimate of drug-likeness (QED) is 0.210. The Balaban J connectivity index is 1.45. The summed E-state index contributed by atoms with van der Waals surface area (Å²) in [6, 6.07) is 3.80. The van der Waals surface area contributed by atoms with Gasteiger partial charge in [-0.15, -0.1) is 13.2 Å². The van der Waals surface area contributed by atoms with Crippen LogP contribution in [-0.2, 0) is 0 Å². The van der Waals surface area contributed by atoms with Crippen LogP contribution in [0.25, 0.3) is 0 Å². The fourth-order valence-electron chi connectivity index (χ4n) is 5.96. The monoisotopic (exact) mass is 538 g/mol. The summed E-state index contributed by atoms with van der Waals surface area (Å²) in [5.41, 5.74) is -0.705. The number of fused-ring (bicyclic) bond motifs is 1. The first-order chi connectivity index (χ1) is 18.1. The van der Waals surface area contributed by atoms with Gasteiger partial charge in [-0.2, -0.15) is 4.39 Å². The number of alkyl halides is 3. The molecule has 2 fully saturated rings. The molecule has 204 valence electrons. The van der Waals surface area contributed by atoms with Crippen LogP contribution in [0.2, 0.25) is 0 Å². The van der Waals surface area contributed by atoms with Gasteiger partial charge >= 0.3 is 6.36 Å². The van der Waals surface area contributed by atoms with Gasteiger partial charge in [0.25, 0.3) is 0 Å². The minimum absolute atomic E-state index is 0.0366. The van der Waals surface area contributed by atoms with Gasteiger partial charge in [-0.1, -0.05) is 30.4 Å². The molecular formula is C30H29F7O. The maximum Gasteiger partial charge on any atom is 0.573 e. The van der Waals surface area contributed by atoms with Crippen molar-refractivity contribution >= 4 is 0 Å². The third-order valence-corrected chi connectivity index (χ3v) is 7.83. The smallest absolute Gasteiger partial charge is 0.403 e. The molecule has 2 aliphatic carbocycles. The van der Waals surface area contributed by atoms with Crippen molar-refractivity contribution in [2.75, 3.05) is 0 Å². The number of benzene rings is 2. The molecule has 2 aromatic rings. The van der Waals surface area contributed by atoms with E-state index < -0.39 is 46.5 Å². The van der Waals surface area contributed by atoms with E-state index in [-0.39, 0.29) is 5.92 Å². The molecule has 1 nitrogen and oxygen atoms in total. The lowest BCUT2D eigenvalue weighted by atomic mass is 9.63. The van der Waals surface area contributed by atoms with Crippen molar-refractivity contribution in [3.8, 4) is 17.6 Å². The van der Waals surface area contributed by atoms with Crippen molar-refractivity contribution in [2.45, 2.75) is 70.6 Å². The third kappa shape index (κ3) is 6.73. The fourth-order valence-corrected chi connectivity index (χ4v) is 5.96. The number of rotatable bonds is 5. The van der Waals surface area contributed by atoms with Crippen LogP contribution in [0.4, 0.5) is 30.7 Å². The number of allylic oxidation sites excluding steroid dienone is 2. The van der Waals surface area contributed by atoms with Crippen LogP contribution in [0.3, 0.4) is 0 Å². The van der Waals surface area contributed by atoms with Crippen LogP contribution in [-0.4, -0.2) is 6.36 Å². The minimum Gasteiger partial charge on any atom is -0.403 e. The molecule has 0 heterocycles. The Labute approximate surface area is 218 Å². The first kappa shape index (κ1) is 28.1.